The van der Waals surface area contributed by atoms with E-state index in [4.69, 9.17) is 5.73 Å². The monoisotopic (exact) mass is 224 g/mol. The number of amides is 1. The maximum Gasteiger partial charge on any atom is 0.226 e. The first kappa shape index (κ1) is 11.9. The lowest BCUT2D eigenvalue weighted by molar-refractivity contribution is -0.137. The standard InChI is InChI=1S/C13H24N2O/c1-10-6-7-15(9-10)13(16)12-5-3-2-4-11(12)8-14/h10-12H,2-9,14H2,1H3. The predicted molar refractivity (Wildman–Crippen MR) is 64.9 cm³/mol. The van der Waals surface area contributed by atoms with E-state index in [9.17, 15) is 4.79 Å². The summed E-state index contributed by atoms with van der Waals surface area (Å²) < 4.78 is 0. The molecule has 3 unspecified atom stereocenters. The molecule has 92 valence electrons. The molecule has 3 atom stereocenters. The Hall–Kier alpha value is -0.570. The summed E-state index contributed by atoms with van der Waals surface area (Å²) in [6.07, 6.45) is 5.84. The van der Waals surface area contributed by atoms with Crippen LogP contribution in [-0.4, -0.2) is 30.4 Å². The highest BCUT2D eigenvalue weighted by atomic mass is 16.2. The summed E-state index contributed by atoms with van der Waals surface area (Å²) in [5, 5.41) is 0. The van der Waals surface area contributed by atoms with E-state index in [2.05, 4.69) is 11.8 Å². The largest absolute Gasteiger partial charge is 0.342 e. The average Bonchev–Trinajstić information content (AvgIpc) is 2.75. The summed E-state index contributed by atoms with van der Waals surface area (Å²) in [5.41, 5.74) is 5.79. The van der Waals surface area contributed by atoms with Gasteiger partial charge in [0.15, 0.2) is 0 Å². The minimum atomic E-state index is 0.226. The number of hydrogen-bond acceptors (Lipinski definition) is 2. The van der Waals surface area contributed by atoms with Gasteiger partial charge in [0.25, 0.3) is 0 Å². The number of rotatable bonds is 2. The number of nitrogens with zero attached hydrogens (tertiary/aromatic N) is 1. The summed E-state index contributed by atoms with van der Waals surface area (Å²) in [4.78, 5) is 14.5. The SMILES string of the molecule is CC1CCN(C(=O)C2CCCCC2CN)C1. The van der Waals surface area contributed by atoms with E-state index in [0.29, 0.717) is 24.3 Å². The first-order valence-electron chi connectivity index (χ1n) is 6.71. The molecule has 1 aliphatic heterocycles. The molecule has 1 amide bonds. The third-order valence-electron chi connectivity index (χ3n) is 4.26. The van der Waals surface area contributed by atoms with E-state index >= 15 is 0 Å². The number of likely N-dealkylation sites (tertiary alicyclic amines) is 1. The molecule has 2 rings (SSSR count). The van der Waals surface area contributed by atoms with Gasteiger partial charge in [0.2, 0.25) is 5.91 Å². The zero-order valence-electron chi connectivity index (χ0n) is 10.3. The van der Waals surface area contributed by atoms with Gasteiger partial charge in [-0.1, -0.05) is 19.8 Å². The molecule has 2 fully saturated rings. The van der Waals surface area contributed by atoms with E-state index in [0.717, 1.165) is 25.9 Å². The van der Waals surface area contributed by atoms with E-state index in [1.807, 2.05) is 0 Å². The predicted octanol–water partition coefficient (Wildman–Crippen LogP) is 1.62. The fourth-order valence-corrected chi connectivity index (χ4v) is 3.18. The summed E-state index contributed by atoms with van der Waals surface area (Å²) in [5.74, 6) is 1.74. The third kappa shape index (κ3) is 2.40. The van der Waals surface area contributed by atoms with Gasteiger partial charge in [-0.3, -0.25) is 4.79 Å². The first-order chi connectivity index (χ1) is 7.72. The van der Waals surface area contributed by atoms with Crippen LogP contribution < -0.4 is 5.73 Å². The number of hydrogen-bond donors (Lipinski definition) is 1. The van der Waals surface area contributed by atoms with Crippen molar-refractivity contribution >= 4 is 5.91 Å². The highest BCUT2D eigenvalue weighted by molar-refractivity contribution is 5.79. The first-order valence-corrected chi connectivity index (χ1v) is 6.71. The Morgan fingerprint density at radius 1 is 1.31 bits per heavy atom. The Morgan fingerprint density at radius 2 is 2.06 bits per heavy atom. The number of carbonyl (C=O) groups is 1. The van der Waals surface area contributed by atoms with Crippen LogP contribution in [0.1, 0.15) is 39.0 Å². The van der Waals surface area contributed by atoms with Gasteiger partial charge in [0.05, 0.1) is 0 Å². The smallest absolute Gasteiger partial charge is 0.226 e. The van der Waals surface area contributed by atoms with Crippen LogP contribution in [0.4, 0.5) is 0 Å². The molecule has 0 spiro atoms. The number of carbonyl (C=O) groups excluding carboxylic acids is 1. The van der Waals surface area contributed by atoms with Crippen molar-refractivity contribution in [1.29, 1.82) is 0 Å². The van der Waals surface area contributed by atoms with Crippen LogP contribution in [0.15, 0.2) is 0 Å². The Morgan fingerprint density at radius 3 is 2.69 bits per heavy atom. The molecule has 2 aliphatic rings. The van der Waals surface area contributed by atoms with Crippen molar-refractivity contribution in [2.45, 2.75) is 39.0 Å². The molecular weight excluding hydrogens is 200 g/mol. The van der Waals surface area contributed by atoms with Crippen molar-refractivity contribution in [2.75, 3.05) is 19.6 Å². The fourth-order valence-electron chi connectivity index (χ4n) is 3.18. The van der Waals surface area contributed by atoms with Crippen molar-refractivity contribution in [3.63, 3.8) is 0 Å². The molecule has 3 heteroatoms. The maximum absolute atomic E-state index is 12.4. The molecule has 0 aromatic carbocycles. The van der Waals surface area contributed by atoms with Crippen LogP contribution in [-0.2, 0) is 4.79 Å². The van der Waals surface area contributed by atoms with Crippen LogP contribution >= 0.6 is 0 Å². The van der Waals surface area contributed by atoms with Gasteiger partial charge < -0.3 is 10.6 Å². The van der Waals surface area contributed by atoms with Gasteiger partial charge in [0, 0.05) is 19.0 Å². The molecule has 0 aromatic heterocycles. The third-order valence-corrected chi connectivity index (χ3v) is 4.26. The Bertz CT molecular complexity index is 254. The second-order valence-corrected chi connectivity index (χ2v) is 5.56. The Balaban J connectivity index is 1.96. The van der Waals surface area contributed by atoms with Crippen molar-refractivity contribution in [1.82, 2.24) is 4.90 Å². The fraction of sp³-hybridized carbons (Fsp3) is 0.923. The topological polar surface area (TPSA) is 46.3 Å². The molecule has 1 aliphatic carbocycles. The van der Waals surface area contributed by atoms with Gasteiger partial charge in [0.1, 0.15) is 0 Å². The lowest BCUT2D eigenvalue weighted by atomic mass is 9.78. The summed E-state index contributed by atoms with van der Waals surface area (Å²) in [7, 11) is 0. The van der Waals surface area contributed by atoms with Gasteiger partial charge in [-0.25, -0.2) is 0 Å². The minimum Gasteiger partial charge on any atom is -0.342 e. The van der Waals surface area contributed by atoms with Crippen molar-refractivity contribution in [2.24, 2.45) is 23.5 Å². The van der Waals surface area contributed by atoms with Crippen molar-refractivity contribution in [3.05, 3.63) is 0 Å². The minimum absolute atomic E-state index is 0.226. The average molecular weight is 224 g/mol. The van der Waals surface area contributed by atoms with Gasteiger partial charge >= 0.3 is 0 Å². The summed E-state index contributed by atoms with van der Waals surface area (Å²) >= 11 is 0. The van der Waals surface area contributed by atoms with Crippen LogP contribution in [0.2, 0.25) is 0 Å². The van der Waals surface area contributed by atoms with Crippen LogP contribution in [0, 0.1) is 17.8 Å². The molecule has 2 N–H and O–H groups in total. The van der Waals surface area contributed by atoms with E-state index in [-0.39, 0.29) is 5.92 Å². The lowest BCUT2D eigenvalue weighted by Gasteiger charge is -2.32. The molecule has 3 nitrogen and oxygen atoms in total. The Kier molecular flexibility index (Phi) is 3.85. The summed E-state index contributed by atoms with van der Waals surface area (Å²) in [6, 6.07) is 0. The van der Waals surface area contributed by atoms with E-state index in [1.165, 1.54) is 19.3 Å². The van der Waals surface area contributed by atoms with Crippen LogP contribution in [0.25, 0.3) is 0 Å². The molecular formula is C13H24N2O. The van der Waals surface area contributed by atoms with Gasteiger partial charge in [-0.05, 0) is 37.6 Å². The molecule has 0 aromatic rings. The van der Waals surface area contributed by atoms with Crippen LogP contribution in [0.3, 0.4) is 0 Å². The molecule has 1 saturated carbocycles. The van der Waals surface area contributed by atoms with Gasteiger partial charge in [-0.2, -0.15) is 0 Å². The highest BCUT2D eigenvalue weighted by Crippen LogP contribution is 2.32. The van der Waals surface area contributed by atoms with E-state index < -0.39 is 0 Å². The molecule has 1 saturated heterocycles. The van der Waals surface area contributed by atoms with Gasteiger partial charge in [-0.15, -0.1) is 0 Å². The second kappa shape index (κ2) is 5.17. The zero-order valence-corrected chi connectivity index (χ0v) is 10.3. The van der Waals surface area contributed by atoms with Crippen molar-refractivity contribution < 1.29 is 4.79 Å². The zero-order chi connectivity index (χ0) is 11.5. The number of nitrogens with two attached hydrogens (primary N) is 1. The summed E-state index contributed by atoms with van der Waals surface area (Å²) in [6.45, 7) is 4.84. The molecule has 1 heterocycles. The molecule has 16 heavy (non-hydrogen) atoms. The molecule has 0 radical (unpaired) electrons. The van der Waals surface area contributed by atoms with Crippen LogP contribution in [0.5, 0.6) is 0 Å². The quantitative estimate of drug-likeness (QED) is 0.774. The lowest BCUT2D eigenvalue weighted by Crippen LogP contribution is -2.41. The van der Waals surface area contributed by atoms with Crippen molar-refractivity contribution in [3.8, 4) is 0 Å². The second-order valence-electron chi connectivity index (χ2n) is 5.56. The highest BCUT2D eigenvalue weighted by Gasteiger charge is 2.34. The maximum atomic E-state index is 12.4. The Labute approximate surface area is 98.4 Å². The normalized spacial score (nSPS) is 35.4. The molecule has 0 bridgehead atoms. The van der Waals surface area contributed by atoms with E-state index in [1.54, 1.807) is 0 Å².